The van der Waals surface area contributed by atoms with E-state index in [1.54, 1.807) is 6.08 Å². The van der Waals surface area contributed by atoms with Crippen LogP contribution in [0.1, 0.15) is 117 Å². The molecule has 0 spiro atoms. The smallest absolute Gasteiger partial charge is 0.462 e. The molecule has 44 heavy (non-hydrogen) atoms. The Morgan fingerprint density at radius 1 is 0.636 bits per heavy atom. The molecule has 0 rings (SSSR count). The monoisotopic (exact) mass is 636 g/mol. The third kappa shape index (κ3) is 32.4. The molecule has 2 N–H and O–H groups in total. The van der Waals surface area contributed by atoms with Gasteiger partial charge in [0.2, 0.25) is 0 Å². The fraction of sp³-hybridized carbons (Fsp3) is 0.600. The van der Waals surface area contributed by atoms with E-state index in [-0.39, 0.29) is 19.4 Å². The summed E-state index contributed by atoms with van der Waals surface area (Å²) in [5.74, 6) is -1.05. The van der Waals surface area contributed by atoms with Gasteiger partial charge in [0.25, 0.3) is 0 Å². The molecular weight excluding hydrogens is 579 g/mol. The Balaban J connectivity index is 4.23. The van der Waals surface area contributed by atoms with Gasteiger partial charge in [-0.05, 0) is 57.8 Å². The molecule has 1 atom stereocenters. The van der Waals surface area contributed by atoms with Crippen LogP contribution in [-0.4, -0.2) is 41.0 Å². The van der Waals surface area contributed by atoms with Crippen LogP contribution in [0.3, 0.4) is 0 Å². The zero-order valence-corrected chi connectivity index (χ0v) is 27.9. The first-order valence-corrected chi connectivity index (χ1v) is 17.8. The summed E-state index contributed by atoms with van der Waals surface area (Å²) >= 11 is 0. The summed E-state index contributed by atoms with van der Waals surface area (Å²) in [4.78, 5) is 42.4. The Hall–Kier alpha value is -2.51. The first kappa shape index (κ1) is 41.5. The van der Waals surface area contributed by atoms with E-state index in [1.165, 1.54) is 12.8 Å². The molecule has 8 nitrogen and oxygen atoms in total. The van der Waals surface area contributed by atoms with Gasteiger partial charge in [-0.25, -0.2) is 4.57 Å². The minimum atomic E-state index is -4.77. The number of unbranched alkanes of at least 4 members (excludes halogenated alkanes) is 7. The highest BCUT2D eigenvalue weighted by molar-refractivity contribution is 7.46. The van der Waals surface area contributed by atoms with E-state index >= 15 is 0 Å². The van der Waals surface area contributed by atoms with Crippen LogP contribution in [-0.2, 0) is 28.2 Å². The zero-order valence-electron chi connectivity index (χ0n) is 27.0. The summed E-state index contributed by atoms with van der Waals surface area (Å²) < 4.78 is 26.0. The van der Waals surface area contributed by atoms with Crippen molar-refractivity contribution in [2.45, 2.75) is 123 Å². The van der Waals surface area contributed by atoms with Crippen LogP contribution in [0.4, 0.5) is 0 Å². The molecule has 0 heterocycles. The fourth-order valence-corrected chi connectivity index (χ4v) is 4.20. The molecule has 0 amide bonds. The van der Waals surface area contributed by atoms with Gasteiger partial charge in [-0.15, -0.1) is 0 Å². The van der Waals surface area contributed by atoms with E-state index in [9.17, 15) is 14.2 Å². The molecule has 0 saturated carbocycles. The molecule has 0 saturated heterocycles. The molecule has 1 unspecified atom stereocenters. The topological polar surface area (TPSA) is 119 Å². The normalized spacial score (nSPS) is 13.5. The summed E-state index contributed by atoms with van der Waals surface area (Å²) in [7, 11) is -4.77. The number of phosphoric ester groups is 1. The molecule has 0 bridgehead atoms. The number of esters is 2. The number of carbonyl (C=O) groups is 2. The van der Waals surface area contributed by atoms with Crippen molar-refractivity contribution in [1.29, 1.82) is 0 Å². The van der Waals surface area contributed by atoms with E-state index < -0.39 is 32.5 Å². The molecular formula is C35H57O8P. The van der Waals surface area contributed by atoms with E-state index in [4.69, 9.17) is 19.3 Å². The van der Waals surface area contributed by atoms with Crippen LogP contribution < -0.4 is 0 Å². The molecule has 0 aromatic rings. The van der Waals surface area contributed by atoms with Gasteiger partial charge in [0.15, 0.2) is 6.10 Å². The highest BCUT2D eigenvalue weighted by Gasteiger charge is 2.22. The highest BCUT2D eigenvalue weighted by atomic mass is 31.2. The molecule has 0 aromatic carbocycles. The van der Waals surface area contributed by atoms with Crippen molar-refractivity contribution in [3.63, 3.8) is 0 Å². The largest absolute Gasteiger partial charge is 0.469 e. The van der Waals surface area contributed by atoms with Crippen molar-refractivity contribution in [1.82, 2.24) is 0 Å². The number of rotatable bonds is 28. The van der Waals surface area contributed by atoms with Gasteiger partial charge in [-0.1, -0.05) is 119 Å². The summed E-state index contributed by atoms with van der Waals surface area (Å²) in [5, 5.41) is 0. The fourth-order valence-electron chi connectivity index (χ4n) is 3.84. The summed E-state index contributed by atoms with van der Waals surface area (Å²) in [6.45, 7) is 3.39. The Bertz CT molecular complexity index is 942. The summed E-state index contributed by atoms with van der Waals surface area (Å²) in [6, 6.07) is 0. The van der Waals surface area contributed by atoms with Gasteiger partial charge in [0.1, 0.15) is 6.61 Å². The van der Waals surface area contributed by atoms with E-state index in [0.29, 0.717) is 12.8 Å². The van der Waals surface area contributed by atoms with Crippen LogP contribution in [0.25, 0.3) is 0 Å². The van der Waals surface area contributed by atoms with E-state index in [0.717, 1.165) is 64.2 Å². The maximum absolute atomic E-state index is 12.2. The van der Waals surface area contributed by atoms with Gasteiger partial charge >= 0.3 is 19.8 Å². The minimum absolute atomic E-state index is 0.0254. The molecule has 0 aromatic heterocycles. The number of carbonyl (C=O) groups excluding carboxylic acids is 2. The lowest BCUT2D eigenvalue weighted by Gasteiger charge is -2.18. The molecule has 250 valence electrons. The lowest BCUT2D eigenvalue weighted by molar-refractivity contribution is -0.160. The van der Waals surface area contributed by atoms with Gasteiger partial charge in [0.05, 0.1) is 13.0 Å². The second-order valence-electron chi connectivity index (χ2n) is 10.4. The molecule has 9 heteroatoms. The predicted molar refractivity (Wildman–Crippen MR) is 179 cm³/mol. The molecule has 0 aliphatic carbocycles. The van der Waals surface area contributed by atoms with Crippen molar-refractivity contribution in [2.75, 3.05) is 13.2 Å². The Labute approximate surface area is 266 Å². The van der Waals surface area contributed by atoms with Crippen LogP contribution in [0.15, 0.2) is 72.9 Å². The third-order valence-electron chi connectivity index (χ3n) is 6.24. The third-order valence-corrected chi connectivity index (χ3v) is 6.73. The Morgan fingerprint density at radius 2 is 1.16 bits per heavy atom. The predicted octanol–water partition coefficient (Wildman–Crippen LogP) is 9.17. The number of hydrogen-bond donors (Lipinski definition) is 2. The average molecular weight is 637 g/mol. The quantitative estimate of drug-likeness (QED) is 0.0378. The molecule has 0 radical (unpaired) electrons. The molecule has 0 fully saturated rings. The average Bonchev–Trinajstić information content (AvgIpc) is 2.98. The highest BCUT2D eigenvalue weighted by Crippen LogP contribution is 2.35. The van der Waals surface area contributed by atoms with Gasteiger partial charge in [-0.3, -0.25) is 14.1 Å². The second-order valence-corrected chi connectivity index (χ2v) is 11.7. The van der Waals surface area contributed by atoms with Crippen molar-refractivity contribution in [2.24, 2.45) is 0 Å². The van der Waals surface area contributed by atoms with Crippen molar-refractivity contribution < 1.29 is 37.9 Å². The van der Waals surface area contributed by atoms with Crippen molar-refractivity contribution in [3.05, 3.63) is 72.9 Å². The van der Waals surface area contributed by atoms with Crippen LogP contribution in [0, 0.1) is 0 Å². The van der Waals surface area contributed by atoms with Gasteiger partial charge in [0, 0.05) is 6.42 Å². The summed E-state index contributed by atoms with van der Waals surface area (Å²) in [5.41, 5.74) is 0. The van der Waals surface area contributed by atoms with Crippen LogP contribution >= 0.6 is 7.82 Å². The second kappa shape index (κ2) is 30.5. The minimum Gasteiger partial charge on any atom is -0.462 e. The number of allylic oxidation sites excluding steroid dienone is 11. The van der Waals surface area contributed by atoms with Crippen molar-refractivity contribution >= 4 is 19.8 Å². The number of hydrogen-bond acceptors (Lipinski definition) is 6. The van der Waals surface area contributed by atoms with Gasteiger partial charge in [-0.2, -0.15) is 0 Å². The van der Waals surface area contributed by atoms with Crippen LogP contribution in [0.5, 0.6) is 0 Å². The zero-order chi connectivity index (χ0) is 32.6. The van der Waals surface area contributed by atoms with Crippen LogP contribution in [0.2, 0.25) is 0 Å². The first-order chi connectivity index (χ1) is 21.3. The summed E-state index contributed by atoms with van der Waals surface area (Å²) in [6.07, 6.45) is 38.0. The molecule has 0 aliphatic heterocycles. The van der Waals surface area contributed by atoms with Gasteiger partial charge < -0.3 is 19.3 Å². The number of phosphoric acid groups is 1. The first-order valence-electron chi connectivity index (χ1n) is 16.2. The maximum atomic E-state index is 12.2. The maximum Gasteiger partial charge on any atom is 0.469 e. The lowest BCUT2D eigenvalue weighted by Crippen LogP contribution is -2.29. The SMILES string of the molecule is CC/C=C\C/C=C\C/C=C\C/C=C\C/C=C\CC(=O)OC(COC(=O)CCCCCCC/C=C\CCCC)COP(=O)(O)O. The van der Waals surface area contributed by atoms with E-state index in [1.807, 2.05) is 18.2 Å². The van der Waals surface area contributed by atoms with Crippen molar-refractivity contribution in [3.8, 4) is 0 Å². The number of ether oxygens (including phenoxy) is 2. The van der Waals surface area contributed by atoms with E-state index in [2.05, 4.69) is 67.0 Å². The Kier molecular flexibility index (Phi) is 28.8. The standard InChI is InChI=1S/C35H57O8P/c1-3-5-7-9-11-13-15-16-17-18-20-22-24-26-28-30-35(37)43-33(32-42-44(38,39)40)31-41-34(36)29-27-25-23-21-19-14-12-10-8-6-4-2/h5,7,10-13,16-17,20,22,26,28,33H,3-4,6,8-9,14-15,18-19,21,23-25,27,29-32H2,1-2H3,(H2,38,39,40)/b7-5-,12-10-,13-11-,17-16-,22-20-,28-26-. The molecule has 0 aliphatic rings. The Morgan fingerprint density at radius 3 is 1.73 bits per heavy atom. The lowest BCUT2D eigenvalue weighted by atomic mass is 10.1.